The van der Waals surface area contributed by atoms with Crippen LogP contribution in [0, 0.1) is 5.41 Å². The van der Waals surface area contributed by atoms with Crippen molar-refractivity contribution in [3.63, 3.8) is 0 Å². The SMILES string of the molecule is CC(c1ccc(C(=O)N2CCC3(CCOC3)C2)cc1)N1CCCC(c2ccccc2)S1(=O)=O. The van der Waals surface area contributed by atoms with Gasteiger partial charge < -0.3 is 9.64 Å². The first-order valence-electron chi connectivity index (χ1n) is 11.9. The third kappa shape index (κ3) is 4.22. The van der Waals surface area contributed by atoms with Crippen molar-refractivity contribution in [3.05, 3.63) is 71.3 Å². The first-order valence-corrected chi connectivity index (χ1v) is 13.4. The molecular weight excluding hydrogens is 436 g/mol. The Kier molecular flexibility index (Phi) is 6.05. The van der Waals surface area contributed by atoms with E-state index in [1.807, 2.05) is 66.4 Å². The number of carbonyl (C=O) groups excluding carboxylic acids is 1. The number of hydrogen-bond acceptors (Lipinski definition) is 4. The molecule has 6 nitrogen and oxygen atoms in total. The Labute approximate surface area is 196 Å². The molecule has 3 aliphatic heterocycles. The van der Waals surface area contributed by atoms with Crippen LogP contribution in [0.1, 0.15) is 65.4 Å². The summed E-state index contributed by atoms with van der Waals surface area (Å²) in [5.74, 6) is 0.0488. The van der Waals surface area contributed by atoms with Crippen LogP contribution in [0.3, 0.4) is 0 Å². The van der Waals surface area contributed by atoms with Gasteiger partial charge in [-0.2, -0.15) is 4.31 Å². The van der Waals surface area contributed by atoms with Gasteiger partial charge in [0, 0.05) is 43.3 Å². The highest BCUT2D eigenvalue weighted by Gasteiger charge is 2.43. The number of hydrogen-bond donors (Lipinski definition) is 0. The molecule has 3 atom stereocenters. The van der Waals surface area contributed by atoms with Gasteiger partial charge in [-0.3, -0.25) is 4.79 Å². The minimum absolute atomic E-state index is 0.0488. The van der Waals surface area contributed by atoms with E-state index in [1.54, 1.807) is 4.31 Å². The first-order chi connectivity index (χ1) is 15.9. The van der Waals surface area contributed by atoms with Gasteiger partial charge in [0.05, 0.1) is 6.61 Å². The van der Waals surface area contributed by atoms with Gasteiger partial charge >= 0.3 is 0 Å². The summed E-state index contributed by atoms with van der Waals surface area (Å²) in [5, 5.41) is -0.502. The lowest BCUT2D eigenvalue weighted by Gasteiger charge is -2.36. The molecule has 0 saturated carbocycles. The number of sulfonamides is 1. The molecule has 1 spiro atoms. The van der Waals surface area contributed by atoms with Crippen molar-refractivity contribution in [2.45, 2.75) is 43.9 Å². The largest absolute Gasteiger partial charge is 0.381 e. The smallest absolute Gasteiger partial charge is 0.253 e. The highest BCUT2D eigenvalue weighted by molar-refractivity contribution is 7.89. The summed E-state index contributed by atoms with van der Waals surface area (Å²) in [4.78, 5) is 15.0. The van der Waals surface area contributed by atoms with Crippen LogP contribution in [0.15, 0.2) is 54.6 Å². The van der Waals surface area contributed by atoms with Gasteiger partial charge in [0.2, 0.25) is 10.0 Å². The molecule has 2 aromatic rings. The molecule has 0 bridgehead atoms. The molecule has 7 heteroatoms. The predicted octanol–water partition coefficient (Wildman–Crippen LogP) is 4.17. The maximum absolute atomic E-state index is 13.5. The molecule has 0 N–H and O–H groups in total. The summed E-state index contributed by atoms with van der Waals surface area (Å²) in [6.45, 7) is 5.53. The molecule has 0 radical (unpaired) electrons. The number of carbonyl (C=O) groups is 1. The summed E-state index contributed by atoms with van der Waals surface area (Å²) in [5.41, 5.74) is 2.56. The standard InChI is InChI=1S/C26H32N2O4S/c1-20(28-15-5-8-24(33(28,30)31)22-6-3-2-4-7-22)21-9-11-23(12-10-21)25(29)27-16-13-26(18-27)14-17-32-19-26/h2-4,6-7,9-12,20,24H,5,8,13-19H2,1H3. The molecule has 1 amide bonds. The predicted molar refractivity (Wildman–Crippen MR) is 127 cm³/mol. The Morgan fingerprint density at radius 1 is 1.06 bits per heavy atom. The molecule has 3 unspecified atom stereocenters. The van der Waals surface area contributed by atoms with E-state index in [2.05, 4.69) is 0 Å². The Hall–Kier alpha value is -2.22. The molecule has 3 fully saturated rings. The fraction of sp³-hybridized carbons (Fsp3) is 0.500. The quantitative estimate of drug-likeness (QED) is 0.676. The van der Waals surface area contributed by atoms with Gasteiger partial charge in [0.1, 0.15) is 5.25 Å². The van der Waals surface area contributed by atoms with Crippen LogP contribution >= 0.6 is 0 Å². The molecule has 33 heavy (non-hydrogen) atoms. The second kappa shape index (κ2) is 8.85. The summed E-state index contributed by atoms with van der Waals surface area (Å²) in [6.07, 6.45) is 3.51. The summed E-state index contributed by atoms with van der Waals surface area (Å²) >= 11 is 0. The van der Waals surface area contributed by atoms with E-state index in [-0.39, 0.29) is 17.4 Å². The molecule has 3 saturated heterocycles. The molecule has 0 aliphatic carbocycles. The van der Waals surface area contributed by atoms with Gasteiger partial charge in [0.25, 0.3) is 5.91 Å². The molecule has 3 heterocycles. The zero-order valence-electron chi connectivity index (χ0n) is 19.2. The van der Waals surface area contributed by atoms with Gasteiger partial charge in [-0.05, 0) is 55.9 Å². The first kappa shape index (κ1) is 22.6. The van der Waals surface area contributed by atoms with Crippen LogP contribution in [0.5, 0.6) is 0 Å². The number of ether oxygens (including phenoxy) is 1. The van der Waals surface area contributed by atoms with E-state index in [9.17, 15) is 13.2 Å². The molecule has 5 rings (SSSR count). The van der Waals surface area contributed by atoms with Crippen molar-refractivity contribution in [2.24, 2.45) is 5.41 Å². The lowest BCUT2D eigenvalue weighted by molar-refractivity contribution is 0.0765. The van der Waals surface area contributed by atoms with Crippen LogP contribution in [-0.2, 0) is 14.8 Å². The van der Waals surface area contributed by atoms with Crippen LogP contribution in [0.25, 0.3) is 0 Å². The van der Waals surface area contributed by atoms with Crippen LogP contribution in [0.4, 0.5) is 0 Å². The van der Waals surface area contributed by atoms with Crippen molar-refractivity contribution in [2.75, 3.05) is 32.8 Å². The van der Waals surface area contributed by atoms with E-state index >= 15 is 0 Å². The van der Waals surface area contributed by atoms with Crippen LogP contribution < -0.4 is 0 Å². The highest BCUT2D eigenvalue weighted by Crippen LogP contribution is 2.40. The van der Waals surface area contributed by atoms with Crippen LogP contribution in [-0.4, -0.2) is 56.4 Å². The third-order valence-corrected chi connectivity index (χ3v) is 10.1. The minimum atomic E-state index is -3.47. The molecule has 176 valence electrons. The molecule has 2 aromatic carbocycles. The molecule has 3 aliphatic rings. The number of nitrogens with zero attached hydrogens (tertiary/aromatic N) is 2. The lowest BCUT2D eigenvalue weighted by Crippen LogP contribution is -2.41. The van der Waals surface area contributed by atoms with E-state index < -0.39 is 15.3 Å². The highest BCUT2D eigenvalue weighted by atomic mass is 32.2. The number of rotatable bonds is 4. The second-order valence-corrected chi connectivity index (χ2v) is 11.8. The van der Waals surface area contributed by atoms with Crippen molar-refractivity contribution in [1.29, 1.82) is 0 Å². The Morgan fingerprint density at radius 3 is 2.52 bits per heavy atom. The third-order valence-electron chi connectivity index (χ3n) is 7.69. The van der Waals surface area contributed by atoms with Gasteiger partial charge in [0.15, 0.2) is 0 Å². The topological polar surface area (TPSA) is 66.9 Å². The number of benzene rings is 2. The van der Waals surface area contributed by atoms with Crippen molar-refractivity contribution in [3.8, 4) is 0 Å². The zero-order valence-corrected chi connectivity index (χ0v) is 20.0. The summed E-state index contributed by atoms with van der Waals surface area (Å²) < 4.78 is 34.1. The minimum Gasteiger partial charge on any atom is -0.381 e. The Balaban J connectivity index is 1.30. The number of likely N-dealkylation sites (tertiary alicyclic amines) is 1. The second-order valence-electron chi connectivity index (χ2n) is 9.77. The van der Waals surface area contributed by atoms with E-state index in [0.29, 0.717) is 18.5 Å². The summed E-state index contributed by atoms with van der Waals surface area (Å²) in [7, 11) is -3.47. The van der Waals surface area contributed by atoms with Gasteiger partial charge in [-0.25, -0.2) is 8.42 Å². The monoisotopic (exact) mass is 468 g/mol. The van der Waals surface area contributed by atoms with Gasteiger partial charge in [-0.15, -0.1) is 0 Å². The van der Waals surface area contributed by atoms with E-state index in [4.69, 9.17) is 4.74 Å². The maximum Gasteiger partial charge on any atom is 0.253 e. The van der Waals surface area contributed by atoms with Crippen molar-refractivity contribution < 1.29 is 17.9 Å². The Morgan fingerprint density at radius 2 is 1.82 bits per heavy atom. The fourth-order valence-corrected chi connectivity index (χ4v) is 7.86. The van der Waals surface area contributed by atoms with E-state index in [0.717, 1.165) is 56.7 Å². The Bertz CT molecular complexity index is 1090. The van der Waals surface area contributed by atoms with Crippen molar-refractivity contribution in [1.82, 2.24) is 9.21 Å². The molecule has 0 aromatic heterocycles. The maximum atomic E-state index is 13.5. The number of amides is 1. The average molecular weight is 469 g/mol. The lowest BCUT2D eigenvalue weighted by atomic mass is 9.87. The van der Waals surface area contributed by atoms with E-state index in [1.165, 1.54) is 0 Å². The van der Waals surface area contributed by atoms with Crippen LogP contribution in [0.2, 0.25) is 0 Å². The normalized spacial score (nSPS) is 28.3. The fourth-order valence-electron chi connectivity index (χ4n) is 5.63. The molecular formula is C26H32N2O4S. The zero-order chi connectivity index (χ0) is 23.1. The average Bonchev–Trinajstić information content (AvgIpc) is 3.48. The van der Waals surface area contributed by atoms with Gasteiger partial charge in [-0.1, -0.05) is 42.5 Å². The summed E-state index contributed by atoms with van der Waals surface area (Å²) in [6, 6.07) is 16.7. The van der Waals surface area contributed by atoms with Crippen molar-refractivity contribution >= 4 is 15.9 Å².